The highest BCUT2D eigenvalue weighted by atomic mass is 79.9. The van der Waals surface area contributed by atoms with E-state index in [2.05, 4.69) is 31.4 Å². The average Bonchev–Trinajstić information content (AvgIpc) is 3.30. The summed E-state index contributed by atoms with van der Waals surface area (Å²) in [5.41, 5.74) is 2.11. The first-order valence-corrected chi connectivity index (χ1v) is 10.3. The van der Waals surface area contributed by atoms with Gasteiger partial charge in [-0.1, -0.05) is 6.07 Å². The van der Waals surface area contributed by atoms with Crippen molar-refractivity contribution in [2.75, 3.05) is 18.5 Å². The van der Waals surface area contributed by atoms with Crippen LogP contribution in [0.3, 0.4) is 0 Å². The summed E-state index contributed by atoms with van der Waals surface area (Å²) in [6, 6.07) is 5.83. The first kappa shape index (κ1) is 20.9. The van der Waals surface area contributed by atoms with Crippen molar-refractivity contribution in [3.8, 4) is 11.5 Å². The molecule has 0 fully saturated rings. The third-order valence-electron chi connectivity index (χ3n) is 4.15. The maximum Gasteiger partial charge on any atom is 0.275 e. The zero-order valence-electron chi connectivity index (χ0n) is 16.7. The number of halogens is 1. The number of amides is 1. The molecule has 0 bridgehead atoms. The van der Waals surface area contributed by atoms with Crippen LogP contribution >= 0.6 is 15.9 Å². The predicted octanol–water partition coefficient (Wildman–Crippen LogP) is 3.96. The van der Waals surface area contributed by atoms with E-state index < -0.39 is 0 Å². The number of carbonyl (C=O) groups is 1. The number of benzene rings is 1. The highest BCUT2D eigenvalue weighted by molar-refractivity contribution is 9.10. The Morgan fingerprint density at radius 3 is 2.59 bits per heavy atom. The van der Waals surface area contributed by atoms with Crippen molar-refractivity contribution in [2.24, 2.45) is 0 Å². The lowest BCUT2D eigenvalue weighted by Crippen LogP contribution is -2.17. The molecule has 2 heterocycles. The van der Waals surface area contributed by atoms with E-state index in [1.165, 1.54) is 0 Å². The highest BCUT2D eigenvalue weighted by Gasteiger charge is 2.17. The molecule has 9 heteroatoms. The molecule has 0 radical (unpaired) electrons. The molecule has 1 aromatic carbocycles. The third kappa shape index (κ3) is 4.97. The van der Waals surface area contributed by atoms with Gasteiger partial charge in [0.05, 0.1) is 42.3 Å². The first-order valence-electron chi connectivity index (χ1n) is 9.49. The summed E-state index contributed by atoms with van der Waals surface area (Å²) < 4.78 is 15.3. The van der Waals surface area contributed by atoms with Crippen LogP contribution in [-0.2, 0) is 13.1 Å². The largest absolute Gasteiger partial charge is 0.490 e. The van der Waals surface area contributed by atoms with Gasteiger partial charge in [0.2, 0.25) is 0 Å². The monoisotopic (exact) mass is 461 g/mol. The average molecular weight is 462 g/mol. The molecule has 1 amide bonds. The molecule has 154 valence electrons. The number of nitrogens with zero attached hydrogens (tertiary/aromatic N) is 4. The van der Waals surface area contributed by atoms with Crippen LogP contribution in [0.2, 0.25) is 0 Å². The summed E-state index contributed by atoms with van der Waals surface area (Å²) >= 11 is 3.37. The molecule has 0 aliphatic carbocycles. The smallest absolute Gasteiger partial charge is 0.275 e. The van der Waals surface area contributed by atoms with E-state index in [-0.39, 0.29) is 5.91 Å². The Labute approximate surface area is 177 Å². The van der Waals surface area contributed by atoms with E-state index in [1.54, 1.807) is 28.0 Å². The Morgan fingerprint density at radius 2 is 1.86 bits per heavy atom. The molecule has 3 rings (SSSR count). The van der Waals surface area contributed by atoms with E-state index in [9.17, 15) is 4.79 Å². The van der Waals surface area contributed by atoms with Crippen LogP contribution in [0.4, 0.5) is 5.69 Å². The number of nitrogens with one attached hydrogen (secondary N) is 1. The number of anilines is 1. The van der Waals surface area contributed by atoms with Gasteiger partial charge < -0.3 is 14.8 Å². The van der Waals surface area contributed by atoms with Gasteiger partial charge in [0.15, 0.2) is 11.5 Å². The molecular formula is C20H24BrN5O3. The standard InChI is InChI=1S/C20H24BrN5O3/c1-4-26-19(16(21)11-23-26)20(27)24-15-10-22-25(13-15)12-14-7-8-17(28-5-2)18(9-14)29-6-3/h7-11,13H,4-6,12H2,1-3H3,(H,24,27). The fraction of sp³-hybridized carbons (Fsp3) is 0.350. The number of aryl methyl sites for hydroxylation is 1. The number of ether oxygens (including phenoxy) is 2. The Balaban J connectivity index is 1.71. The number of hydrogen-bond donors (Lipinski definition) is 1. The molecule has 0 atom stereocenters. The Hall–Kier alpha value is -2.81. The van der Waals surface area contributed by atoms with E-state index in [1.807, 2.05) is 39.0 Å². The Bertz CT molecular complexity index is 982. The summed E-state index contributed by atoms with van der Waals surface area (Å²) in [5.74, 6) is 1.20. The third-order valence-corrected chi connectivity index (χ3v) is 4.73. The van der Waals surface area contributed by atoms with Gasteiger partial charge in [-0.25, -0.2) is 0 Å². The fourth-order valence-electron chi connectivity index (χ4n) is 2.91. The molecule has 0 saturated heterocycles. The van der Waals surface area contributed by atoms with Gasteiger partial charge in [0, 0.05) is 12.7 Å². The van der Waals surface area contributed by atoms with Gasteiger partial charge in [-0.05, 0) is 54.4 Å². The maximum absolute atomic E-state index is 12.6. The quantitative estimate of drug-likeness (QED) is 0.521. The minimum Gasteiger partial charge on any atom is -0.490 e. The van der Waals surface area contributed by atoms with Crippen LogP contribution in [0, 0.1) is 0 Å². The predicted molar refractivity (Wildman–Crippen MR) is 114 cm³/mol. The topological polar surface area (TPSA) is 83.2 Å². The number of rotatable bonds is 9. The Morgan fingerprint density at radius 1 is 1.10 bits per heavy atom. The zero-order valence-corrected chi connectivity index (χ0v) is 18.3. The maximum atomic E-state index is 12.6. The van der Waals surface area contributed by atoms with Crippen LogP contribution in [0.1, 0.15) is 36.8 Å². The number of aromatic nitrogens is 4. The first-order chi connectivity index (χ1) is 14.0. The minimum absolute atomic E-state index is 0.240. The van der Waals surface area contributed by atoms with Crippen molar-refractivity contribution in [1.82, 2.24) is 19.6 Å². The van der Waals surface area contributed by atoms with E-state index in [4.69, 9.17) is 9.47 Å². The van der Waals surface area contributed by atoms with Crippen molar-refractivity contribution in [3.05, 3.63) is 52.5 Å². The summed E-state index contributed by atoms with van der Waals surface area (Å²) in [7, 11) is 0. The second kappa shape index (κ2) is 9.60. The van der Waals surface area contributed by atoms with Gasteiger partial charge in [-0.3, -0.25) is 14.2 Å². The highest BCUT2D eigenvalue weighted by Crippen LogP contribution is 2.29. The zero-order chi connectivity index (χ0) is 20.8. The van der Waals surface area contributed by atoms with Gasteiger partial charge in [-0.2, -0.15) is 10.2 Å². The molecule has 29 heavy (non-hydrogen) atoms. The summed E-state index contributed by atoms with van der Waals surface area (Å²) in [4.78, 5) is 12.6. The van der Waals surface area contributed by atoms with Crippen molar-refractivity contribution >= 4 is 27.5 Å². The van der Waals surface area contributed by atoms with Crippen LogP contribution in [-0.4, -0.2) is 38.7 Å². The molecule has 8 nitrogen and oxygen atoms in total. The van der Waals surface area contributed by atoms with E-state index in [0.717, 1.165) is 11.3 Å². The van der Waals surface area contributed by atoms with Crippen molar-refractivity contribution in [2.45, 2.75) is 33.9 Å². The van der Waals surface area contributed by atoms with E-state index >= 15 is 0 Å². The molecule has 0 aliphatic rings. The van der Waals surface area contributed by atoms with Gasteiger partial charge in [0.1, 0.15) is 5.69 Å². The number of carbonyl (C=O) groups excluding carboxylic acids is 1. The van der Waals surface area contributed by atoms with Gasteiger partial charge in [0.25, 0.3) is 5.91 Å². The van der Waals surface area contributed by atoms with Crippen LogP contribution < -0.4 is 14.8 Å². The van der Waals surface area contributed by atoms with Crippen LogP contribution in [0.25, 0.3) is 0 Å². The molecule has 2 aromatic heterocycles. The summed E-state index contributed by atoms with van der Waals surface area (Å²) in [6.45, 7) is 8.09. The van der Waals surface area contributed by atoms with Crippen molar-refractivity contribution in [1.29, 1.82) is 0 Å². The lowest BCUT2D eigenvalue weighted by molar-refractivity contribution is 0.101. The SMILES string of the molecule is CCOc1ccc(Cn2cc(NC(=O)c3c(Br)cnn3CC)cn2)cc1OCC. The van der Waals surface area contributed by atoms with Crippen LogP contribution in [0.15, 0.2) is 41.3 Å². The lowest BCUT2D eigenvalue weighted by atomic mass is 10.2. The second-order valence-electron chi connectivity index (χ2n) is 6.18. The molecule has 1 N–H and O–H groups in total. The molecule has 0 saturated carbocycles. The number of hydrogen-bond acceptors (Lipinski definition) is 5. The van der Waals surface area contributed by atoms with Crippen LogP contribution in [0.5, 0.6) is 11.5 Å². The van der Waals surface area contributed by atoms with Gasteiger partial charge >= 0.3 is 0 Å². The van der Waals surface area contributed by atoms with Crippen molar-refractivity contribution < 1.29 is 14.3 Å². The molecule has 0 unspecified atom stereocenters. The second-order valence-corrected chi connectivity index (χ2v) is 7.04. The minimum atomic E-state index is -0.240. The van der Waals surface area contributed by atoms with E-state index in [0.29, 0.717) is 47.9 Å². The lowest BCUT2D eigenvalue weighted by Gasteiger charge is -2.12. The molecule has 3 aromatic rings. The molecular weight excluding hydrogens is 438 g/mol. The van der Waals surface area contributed by atoms with Gasteiger partial charge in [-0.15, -0.1) is 0 Å². The summed E-state index contributed by atoms with van der Waals surface area (Å²) in [5, 5.41) is 11.4. The van der Waals surface area contributed by atoms with Crippen molar-refractivity contribution in [3.63, 3.8) is 0 Å². The normalized spacial score (nSPS) is 10.8. The summed E-state index contributed by atoms with van der Waals surface area (Å²) in [6.07, 6.45) is 5.02. The fourth-order valence-corrected chi connectivity index (χ4v) is 3.39. The molecule has 0 spiro atoms. The molecule has 0 aliphatic heterocycles. The Kier molecular flexibility index (Phi) is 6.92.